The van der Waals surface area contributed by atoms with Crippen molar-refractivity contribution in [2.45, 2.75) is 6.23 Å². The van der Waals surface area contributed by atoms with Crippen molar-refractivity contribution in [3.8, 4) is 0 Å². The third kappa shape index (κ3) is 2.19. The first-order valence-corrected chi connectivity index (χ1v) is 1.77. The quantitative estimate of drug-likeness (QED) is 0.410. The van der Waals surface area contributed by atoms with Gasteiger partial charge >= 0.3 is 0 Å². The second-order valence-corrected chi connectivity index (χ2v) is 0.923. The monoisotopic (exact) mass is 120 g/mol. The van der Waals surface area contributed by atoms with Gasteiger partial charge in [-0.05, 0) is 5.18 Å². The molecule has 0 aromatic rings. The summed E-state index contributed by atoms with van der Waals surface area (Å²) < 4.78 is 0. The third-order valence-corrected chi connectivity index (χ3v) is 0.438. The Hall–Kier alpha value is -1.04. The summed E-state index contributed by atoms with van der Waals surface area (Å²) in [5, 5.41) is 12.1. The molecule has 0 aliphatic rings. The largest absolute Gasteiger partial charge is 0.390 e. The lowest BCUT2D eigenvalue weighted by molar-refractivity contribution is 0.0188. The van der Waals surface area contributed by atoms with Crippen LogP contribution in [0.1, 0.15) is 0 Å². The molecular weight excluding hydrogens is 116 g/mol. The van der Waals surface area contributed by atoms with E-state index in [-0.39, 0.29) is 0 Å². The summed E-state index contributed by atoms with van der Waals surface area (Å²) in [6.07, 6.45) is -1.35. The maximum atomic E-state index is 9.39. The van der Waals surface area contributed by atoms with E-state index >= 15 is 0 Å². The van der Waals surface area contributed by atoms with Crippen molar-refractivity contribution < 1.29 is 9.94 Å². The molecule has 0 heterocycles. The molecule has 0 rings (SSSR count). The van der Waals surface area contributed by atoms with Crippen LogP contribution in [0.4, 0.5) is 0 Å². The molecule has 1 unspecified atom stereocenters. The Morgan fingerprint density at radius 2 is 2.25 bits per heavy atom. The Morgan fingerprint density at radius 1 is 1.62 bits per heavy atom. The van der Waals surface area contributed by atoms with E-state index in [1.807, 2.05) is 5.34 Å². The lowest BCUT2D eigenvalue weighted by Gasteiger charge is -1.95. The van der Waals surface area contributed by atoms with Gasteiger partial charge in [-0.25, -0.2) is 0 Å². The van der Waals surface area contributed by atoms with Gasteiger partial charge in [-0.3, -0.25) is 0 Å². The van der Waals surface area contributed by atoms with Gasteiger partial charge in [-0.1, -0.05) is 0 Å². The van der Waals surface area contributed by atoms with Crippen molar-refractivity contribution in [2.24, 2.45) is 10.5 Å². The molecule has 1 atom stereocenters. The molecule has 0 amide bonds. The van der Waals surface area contributed by atoms with Crippen LogP contribution in [0.15, 0.2) is 10.5 Å². The standard InChI is InChI=1S/C2H4N2O4/c5-1-2(3-6)8-4-7/h2,5H,1H2. The zero-order valence-corrected chi connectivity index (χ0v) is 3.85. The maximum absolute atomic E-state index is 9.39. The van der Waals surface area contributed by atoms with Crippen LogP contribution in [-0.2, 0) is 4.84 Å². The zero-order chi connectivity index (χ0) is 6.41. The van der Waals surface area contributed by atoms with Gasteiger partial charge in [0.1, 0.15) is 6.61 Å². The van der Waals surface area contributed by atoms with Gasteiger partial charge < -0.3 is 9.94 Å². The van der Waals surface area contributed by atoms with E-state index in [4.69, 9.17) is 10.0 Å². The molecule has 6 nitrogen and oxygen atoms in total. The van der Waals surface area contributed by atoms with Crippen LogP contribution in [0.25, 0.3) is 0 Å². The highest BCUT2D eigenvalue weighted by Crippen LogP contribution is 1.90. The number of nitrogens with zero attached hydrogens (tertiary/aromatic N) is 2. The molecule has 0 aliphatic carbocycles. The van der Waals surface area contributed by atoms with Gasteiger partial charge in [0.2, 0.25) is 0 Å². The van der Waals surface area contributed by atoms with Crippen LogP contribution in [0.2, 0.25) is 0 Å². The van der Waals surface area contributed by atoms with E-state index in [0.29, 0.717) is 0 Å². The van der Waals surface area contributed by atoms with Crippen LogP contribution in [0.3, 0.4) is 0 Å². The average Bonchev–Trinajstić information content (AvgIpc) is 1.83. The topological polar surface area (TPSA) is 88.3 Å². The number of hydrogen-bond donors (Lipinski definition) is 1. The van der Waals surface area contributed by atoms with E-state index in [0.717, 1.165) is 0 Å². The second kappa shape index (κ2) is 4.13. The van der Waals surface area contributed by atoms with Gasteiger partial charge in [0.05, 0.1) is 0 Å². The minimum absolute atomic E-state index is 0.630. The molecule has 0 spiro atoms. The number of rotatable bonds is 4. The minimum Gasteiger partial charge on any atom is -0.390 e. The summed E-state index contributed by atoms with van der Waals surface area (Å²) in [6, 6.07) is 0. The smallest absolute Gasteiger partial charge is 0.282 e. The first kappa shape index (κ1) is 6.96. The van der Waals surface area contributed by atoms with Crippen molar-refractivity contribution in [3.63, 3.8) is 0 Å². The summed E-state index contributed by atoms with van der Waals surface area (Å²) in [7, 11) is 0. The van der Waals surface area contributed by atoms with Crippen molar-refractivity contribution in [1.29, 1.82) is 0 Å². The molecule has 0 radical (unpaired) electrons. The summed E-state index contributed by atoms with van der Waals surface area (Å²) in [5.74, 6) is 0. The summed E-state index contributed by atoms with van der Waals surface area (Å²) in [4.78, 5) is 22.2. The Bertz CT molecular complexity index is 84.1. The number of aliphatic hydroxyl groups is 1. The number of hydrogen-bond acceptors (Lipinski definition) is 6. The van der Waals surface area contributed by atoms with Gasteiger partial charge in [0, 0.05) is 0 Å². The number of aliphatic hydroxyl groups excluding tert-OH is 1. The zero-order valence-electron chi connectivity index (χ0n) is 3.85. The summed E-state index contributed by atoms with van der Waals surface area (Å²) >= 11 is 0. The fourth-order valence-electron chi connectivity index (χ4n) is 0.136. The second-order valence-electron chi connectivity index (χ2n) is 0.923. The van der Waals surface area contributed by atoms with E-state index in [1.165, 1.54) is 0 Å². The Kier molecular flexibility index (Phi) is 3.59. The van der Waals surface area contributed by atoms with Crippen molar-refractivity contribution in [1.82, 2.24) is 0 Å². The van der Waals surface area contributed by atoms with Crippen molar-refractivity contribution >= 4 is 0 Å². The van der Waals surface area contributed by atoms with Crippen LogP contribution < -0.4 is 0 Å². The summed E-state index contributed by atoms with van der Waals surface area (Å²) in [5.41, 5.74) is 0. The SMILES string of the molecule is O=NOC(CO)N=O. The highest BCUT2D eigenvalue weighted by molar-refractivity contribution is 4.45. The predicted molar refractivity (Wildman–Crippen MR) is 23.5 cm³/mol. The lowest BCUT2D eigenvalue weighted by atomic mass is 10.7. The Balaban J connectivity index is 3.35. The van der Waals surface area contributed by atoms with Gasteiger partial charge in [-0.15, -0.1) is 9.81 Å². The molecule has 0 saturated carbocycles. The first-order chi connectivity index (χ1) is 3.85. The van der Waals surface area contributed by atoms with E-state index in [9.17, 15) is 4.91 Å². The van der Waals surface area contributed by atoms with Crippen LogP contribution in [0, 0.1) is 9.81 Å². The fourth-order valence-corrected chi connectivity index (χ4v) is 0.136. The average molecular weight is 120 g/mol. The molecule has 0 aliphatic heterocycles. The van der Waals surface area contributed by atoms with E-state index in [1.54, 1.807) is 0 Å². The molecule has 0 saturated heterocycles. The number of nitroso groups, excluding NO2 is 1. The molecule has 46 valence electrons. The van der Waals surface area contributed by atoms with Gasteiger partial charge in [0.25, 0.3) is 6.23 Å². The Morgan fingerprint density at radius 3 is 2.38 bits per heavy atom. The third-order valence-electron chi connectivity index (χ3n) is 0.438. The molecular formula is C2H4N2O4. The normalized spacial score (nSPS) is 12.1. The maximum Gasteiger partial charge on any atom is 0.282 e. The minimum atomic E-state index is -1.35. The fraction of sp³-hybridized carbons (Fsp3) is 1.00. The molecule has 6 heteroatoms. The molecule has 1 N–H and O–H groups in total. The van der Waals surface area contributed by atoms with Crippen LogP contribution in [0.5, 0.6) is 0 Å². The van der Waals surface area contributed by atoms with Crippen LogP contribution >= 0.6 is 0 Å². The highest BCUT2D eigenvalue weighted by atomic mass is 16.7. The summed E-state index contributed by atoms with van der Waals surface area (Å²) in [6.45, 7) is -0.630. The van der Waals surface area contributed by atoms with Gasteiger partial charge in [0.15, 0.2) is 5.34 Å². The molecule has 0 fully saturated rings. The predicted octanol–water partition coefficient (Wildman–Crippen LogP) is -0.231. The molecule has 0 aromatic heterocycles. The Labute approximate surface area is 44.4 Å². The van der Waals surface area contributed by atoms with E-state index < -0.39 is 12.8 Å². The van der Waals surface area contributed by atoms with E-state index in [2.05, 4.69) is 10.0 Å². The van der Waals surface area contributed by atoms with Gasteiger partial charge in [-0.2, -0.15) is 0 Å². The van der Waals surface area contributed by atoms with Crippen LogP contribution in [-0.4, -0.2) is 17.9 Å². The van der Waals surface area contributed by atoms with Crippen molar-refractivity contribution in [2.75, 3.05) is 6.61 Å². The molecule has 0 aromatic carbocycles. The lowest BCUT2D eigenvalue weighted by Crippen LogP contribution is -2.09. The first-order valence-electron chi connectivity index (χ1n) is 1.77. The molecule has 8 heavy (non-hydrogen) atoms. The highest BCUT2D eigenvalue weighted by Gasteiger charge is 2.05. The molecule has 0 bridgehead atoms. The van der Waals surface area contributed by atoms with Crippen molar-refractivity contribution in [3.05, 3.63) is 9.81 Å².